The average molecular weight is 277 g/mol. The molecule has 0 unspecified atom stereocenters. The van der Waals surface area contributed by atoms with Crippen LogP contribution in [0.1, 0.15) is 22.5 Å². The molecule has 108 valence electrons. The fraction of sp³-hybridized carbons (Fsp3) is 0.400. The minimum atomic E-state index is -0.221. The number of aryl methyl sites for hydroxylation is 1. The van der Waals surface area contributed by atoms with E-state index < -0.39 is 0 Å². The fourth-order valence-corrected chi connectivity index (χ4v) is 1.90. The minimum absolute atomic E-state index is 0.0186. The zero-order valence-electron chi connectivity index (χ0n) is 11.5. The van der Waals surface area contributed by atoms with E-state index >= 15 is 0 Å². The Labute approximate surface area is 117 Å². The van der Waals surface area contributed by atoms with Gasteiger partial charge in [-0.1, -0.05) is 11.6 Å². The molecule has 1 heterocycles. The predicted molar refractivity (Wildman–Crippen MR) is 75.8 cm³/mol. The van der Waals surface area contributed by atoms with Gasteiger partial charge in [0.1, 0.15) is 5.58 Å². The summed E-state index contributed by atoms with van der Waals surface area (Å²) < 4.78 is 10.6. The van der Waals surface area contributed by atoms with Crippen LogP contribution in [0, 0.1) is 6.92 Å². The molecule has 20 heavy (non-hydrogen) atoms. The molecule has 2 rings (SSSR count). The van der Waals surface area contributed by atoms with Gasteiger partial charge < -0.3 is 19.6 Å². The van der Waals surface area contributed by atoms with Gasteiger partial charge in [-0.25, -0.2) is 0 Å². The van der Waals surface area contributed by atoms with E-state index in [9.17, 15) is 4.79 Å². The number of ether oxygens (including phenoxy) is 1. The zero-order valence-corrected chi connectivity index (χ0v) is 11.5. The molecular formula is C15H19NO4. The average Bonchev–Trinajstić information content (AvgIpc) is 2.85. The van der Waals surface area contributed by atoms with E-state index in [1.54, 1.807) is 6.07 Å². The SMILES string of the molecule is Cc1ccc2oc(C(=O)NCCCOCCO)cc2c1. The fourth-order valence-electron chi connectivity index (χ4n) is 1.90. The first-order valence-corrected chi connectivity index (χ1v) is 6.67. The molecule has 0 aliphatic rings. The van der Waals surface area contributed by atoms with Crippen molar-refractivity contribution < 1.29 is 19.1 Å². The summed E-state index contributed by atoms with van der Waals surface area (Å²) in [4.78, 5) is 11.9. The van der Waals surface area contributed by atoms with Crippen LogP contribution in [-0.2, 0) is 4.74 Å². The van der Waals surface area contributed by atoms with Crippen LogP contribution in [0.2, 0.25) is 0 Å². The molecule has 0 radical (unpaired) electrons. The Bertz CT molecular complexity index is 576. The lowest BCUT2D eigenvalue weighted by Crippen LogP contribution is -2.24. The molecule has 2 aromatic rings. The standard InChI is InChI=1S/C15H19NO4/c1-11-3-4-13-12(9-11)10-14(20-13)15(18)16-5-2-7-19-8-6-17/h3-4,9-10,17H,2,5-8H2,1H3,(H,16,18). The first-order valence-electron chi connectivity index (χ1n) is 6.67. The molecule has 1 aromatic heterocycles. The number of carbonyl (C=O) groups excluding carboxylic acids is 1. The molecule has 1 amide bonds. The van der Waals surface area contributed by atoms with Gasteiger partial charge in [0, 0.05) is 18.5 Å². The molecule has 0 fully saturated rings. The Morgan fingerprint density at radius 1 is 1.35 bits per heavy atom. The number of fused-ring (bicyclic) bond motifs is 1. The molecule has 2 N–H and O–H groups in total. The third-order valence-electron chi connectivity index (χ3n) is 2.88. The zero-order chi connectivity index (χ0) is 14.4. The molecule has 5 heteroatoms. The van der Waals surface area contributed by atoms with Crippen molar-refractivity contribution >= 4 is 16.9 Å². The summed E-state index contributed by atoms with van der Waals surface area (Å²) in [5.74, 6) is 0.0999. The van der Waals surface area contributed by atoms with E-state index in [2.05, 4.69) is 5.32 Å². The van der Waals surface area contributed by atoms with Crippen molar-refractivity contribution in [2.24, 2.45) is 0 Å². The highest BCUT2D eigenvalue weighted by molar-refractivity contribution is 5.96. The molecule has 0 spiro atoms. The highest BCUT2D eigenvalue weighted by atomic mass is 16.5. The van der Waals surface area contributed by atoms with Crippen molar-refractivity contribution in [2.45, 2.75) is 13.3 Å². The summed E-state index contributed by atoms with van der Waals surface area (Å²) in [6, 6.07) is 7.55. The number of benzene rings is 1. The van der Waals surface area contributed by atoms with Crippen molar-refractivity contribution in [3.05, 3.63) is 35.6 Å². The van der Waals surface area contributed by atoms with Gasteiger partial charge in [0.05, 0.1) is 13.2 Å². The quantitative estimate of drug-likeness (QED) is 0.758. The van der Waals surface area contributed by atoms with Crippen molar-refractivity contribution in [3.63, 3.8) is 0 Å². The molecule has 0 aliphatic carbocycles. The number of nitrogens with one attached hydrogen (secondary N) is 1. The highest BCUT2D eigenvalue weighted by Gasteiger charge is 2.11. The second-order valence-corrected chi connectivity index (χ2v) is 4.60. The Hall–Kier alpha value is -1.85. The normalized spacial score (nSPS) is 10.9. The Balaban J connectivity index is 1.85. The molecule has 0 bridgehead atoms. The monoisotopic (exact) mass is 277 g/mol. The third-order valence-corrected chi connectivity index (χ3v) is 2.88. The molecule has 0 atom stereocenters. The molecule has 0 saturated carbocycles. The minimum Gasteiger partial charge on any atom is -0.451 e. The summed E-state index contributed by atoms with van der Waals surface area (Å²) >= 11 is 0. The second-order valence-electron chi connectivity index (χ2n) is 4.60. The number of carbonyl (C=O) groups is 1. The number of amides is 1. The maximum absolute atomic E-state index is 11.9. The third kappa shape index (κ3) is 3.82. The molecule has 5 nitrogen and oxygen atoms in total. The maximum Gasteiger partial charge on any atom is 0.287 e. The van der Waals surface area contributed by atoms with Gasteiger partial charge in [0.2, 0.25) is 0 Å². The predicted octanol–water partition coefficient (Wildman–Crippen LogP) is 1.87. The van der Waals surface area contributed by atoms with E-state index in [1.165, 1.54) is 0 Å². The summed E-state index contributed by atoms with van der Waals surface area (Å²) in [5.41, 5.74) is 1.85. The second kappa shape index (κ2) is 7.07. The van der Waals surface area contributed by atoms with Gasteiger partial charge in [0.25, 0.3) is 5.91 Å². The van der Waals surface area contributed by atoms with Crippen LogP contribution in [0.25, 0.3) is 11.0 Å². The Morgan fingerprint density at radius 2 is 2.20 bits per heavy atom. The van der Waals surface area contributed by atoms with E-state index in [0.29, 0.717) is 37.5 Å². The van der Waals surface area contributed by atoms with Crippen LogP contribution in [0.5, 0.6) is 0 Å². The Kier molecular flexibility index (Phi) is 5.15. The Morgan fingerprint density at radius 3 is 3.00 bits per heavy atom. The van der Waals surface area contributed by atoms with Crippen LogP contribution >= 0.6 is 0 Å². The van der Waals surface area contributed by atoms with Crippen molar-refractivity contribution in [1.82, 2.24) is 5.32 Å². The van der Waals surface area contributed by atoms with Crippen molar-refractivity contribution in [3.8, 4) is 0 Å². The topological polar surface area (TPSA) is 71.7 Å². The lowest BCUT2D eigenvalue weighted by Gasteiger charge is -2.03. The summed E-state index contributed by atoms with van der Waals surface area (Å²) in [6.07, 6.45) is 0.699. The molecule has 0 saturated heterocycles. The maximum atomic E-state index is 11.9. The van der Waals surface area contributed by atoms with Crippen LogP contribution in [0.3, 0.4) is 0 Å². The van der Waals surface area contributed by atoms with Gasteiger partial charge in [-0.05, 0) is 31.5 Å². The van der Waals surface area contributed by atoms with Crippen LogP contribution in [0.15, 0.2) is 28.7 Å². The van der Waals surface area contributed by atoms with Crippen molar-refractivity contribution in [1.29, 1.82) is 0 Å². The van der Waals surface area contributed by atoms with Gasteiger partial charge in [-0.3, -0.25) is 4.79 Å². The first kappa shape index (κ1) is 14.6. The number of aliphatic hydroxyl groups is 1. The van der Waals surface area contributed by atoms with Crippen LogP contribution in [-0.4, -0.2) is 37.4 Å². The molecular weight excluding hydrogens is 258 g/mol. The first-order chi connectivity index (χ1) is 9.70. The lowest BCUT2D eigenvalue weighted by molar-refractivity contribution is 0.0857. The van der Waals surface area contributed by atoms with E-state index in [4.69, 9.17) is 14.3 Å². The number of hydrogen-bond acceptors (Lipinski definition) is 4. The number of hydrogen-bond donors (Lipinski definition) is 2. The van der Waals surface area contributed by atoms with E-state index in [0.717, 1.165) is 10.9 Å². The van der Waals surface area contributed by atoms with Crippen molar-refractivity contribution in [2.75, 3.05) is 26.4 Å². The summed E-state index contributed by atoms with van der Waals surface area (Å²) in [7, 11) is 0. The molecule has 1 aromatic carbocycles. The largest absolute Gasteiger partial charge is 0.451 e. The van der Waals surface area contributed by atoms with Crippen LogP contribution in [0.4, 0.5) is 0 Å². The number of aliphatic hydroxyl groups excluding tert-OH is 1. The van der Waals surface area contributed by atoms with Gasteiger partial charge >= 0.3 is 0 Å². The lowest BCUT2D eigenvalue weighted by atomic mass is 10.2. The highest BCUT2D eigenvalue weighted by Crippen LogP contribution is 2.20. The molecule has 0 aliphatic heterocycles. The summed E-state index contributed by atoms with van der Waals surface area (Å²) in [6.45, 7) is 3.38. The number of rotatable bonds is 7. The van der Waals surface area contributed by atoms with E-state index in [-0.39, 0.29) is 12.5 Å². The van der Waals surface area contributed by atoms with E-state index in [1.807, 2.05) is 25.1 Å². The smallest absolute Gasteiger partial charge is 0.287 e. The van der Waals surface area contributed by atoms with Crippen LogP contribution < -0.4 is 5.32 Å². The van der Waals surface area contributed by atoms with Gasteiger partial charge in [-0.2, -0.15) is 0 Å². The van der Waals surface area contributed by atoms with Gasteiger partial charge in [-0.15, -0.1) is 0 Å². The summed E-state index contributed by atoms with van der Waals surface area (Å²) in [5, 5.41) is 12.2. The van der Waals surface area contributed by atoms with Gasteiger partial charge in [0.15, 0.2) is 5.76 Å². The number of furan rings is 1.